The number of aryl methyl sites for hydroxylation is 1. The van der Waals surface area contributed by atoms with Crippen molar-refractivity contribution in [1.29, 1.82) is 5.26 Å². The number of nitrogens with zero attached hydrogens (tertiary/aromatic N) is 1. The van der Waals surface area contributed by atoms with E-state index in [0.29, 0.717) is 5.56 Å². The van der Waals surface area contributed by atoms with E-state index in [1.165, 1.54) is 5.56 Å². The molecule has 17 heavy (non-hydrogen) atoms. The Morgan fingerprint density at radius 2 is 2.29 bits per heavy atom. The fourth-order valence-electron chi connectivity index (χ4n) is 2.77. The Labute approximate surface area is 99.7 Å². The van der Waals surface area contributed by atoms with Crippen LogP contribution in [0.5, 0.6) is 0 Å². The van der Waals surface area contributed by atoms with Gasteiger partial charge in [0.1, 0.15) is 5.60 Å². The van der Waals surface area contributed by atoms with Crippen LogP contribution in [0.2, 0.25) is 0 Å². The first-order valence-electron chi connectivity index (χ1n) is 5.89. The van der Waals surface area contributed by atoms with Crippen LogP contribution in [0.3, 0.4) is 0 Å². The number of aromatic amines is 1. The van der Waals surface area contributed by atoms with Gasteiger partial charge in [0.25, 0.3) is 0 Å². The van der Waals surface area contributed by atoms with Crippen LogP contribution in [0, 0.1) is 11.3 Å². The highest BCUT2D eigenvalue weighted by atomic mass is 16.3. The van der Waals surface area contributed by atoms with E-state index in [0.717, 1.165) is 35.9 Å². The lowest BCUT2D eigenvalue weighted by molar-refractivity contribution is 0.0351. The third-order valence-electron chi connectivity index (χ3n) is 3.66. The molecule has 0 aliphatic heterocycles. The first-order chi connectivity index (χ1) is 8.12. The van der Waals surface area contributed by atoms with Gasteiger partial charge in [-0.2, -0.15) is 5.26 Å². The number of aliphatic hydroxyl groups is 1. The standard InChI is InChI=1S/C14H14N2O/c1-14(17)6-2-3-10-11-7-9(8-15)4-5-12(11)16-13(10)14/h4-5,7,16-17H,2-3,6H2,1H3. The maximum absolute atomic E-state index is 10.4. The molecule has 1 aliphatic rings. The Morgan fingerprint density at radius 1 is 1.47 bits per heavy atom. The molecule has 0 spiro atoms. The van der Waals surface area contributed by atoms with E-state index in [9.17, 15) is 5.11 Å². The zero-order valence-corrected chi connectivity index (χ0v) is 9.75. The quantitative estimate of drug-likeness (QED) is 0.725. The van der Waals surface area contributed by atoms with Crippen molar-refractivity contribution < 1.29 is 5.11 Å². The van der Waals surface area contributed by atoms with Crippen molar-refractivity contribution in [2.24, 2.45) is 0 Å². The Morgan fingerprint density at radius 3 is 3.06 bits per heavy atom. The third kappa shape index (κ3) is 1.45. The molecule has 3 nitrogen and oxygen atoms in total. The molecule has 0 radical (unpaired) electrons. The second-order valence-electron chi connectivity index (χ2n) is 4.98. The van der Waals surface area contributed by atoms with Crippen molar-refractivity contribution in [2.45, 2.75) is 31.8 Å². The fourth-order valence-corrected chi connectivity index (χ4v) is 2.77. The number of H-pyrrole nitrogens is 1. The minimum absolute atomic E-state index is 0.671. The summed E-state index contributed by atoms with van der Waals surface area (Å²) in [4.78, 5) is 3.30. The van der Waals surface area contributed by atoms with Crippen LogP contribution in [-0.2, 0) is 12.0 Å². The third-order valence-corrected chi connectivity index (χ3v) is 3.66. The summed E-state index contributed by atoms with van der Waals surface area (Å²) >= 11 is 0. The predicted molar refractivity (Wildman–Crippen MR) is 65.5 cm³/mol. The molecule has 2 N–H and O–H groups in total. The second-order valence-corrected chi connectivity index (χ2v) is 4.98. The predicted octanol–water partition coefficient (Wildman–Crippen LogP) is 2.58. The van der Waals surface area contributed by atoms with Gasteiger partial charge in [-0.15, -0.1) is 0 Å². The van der Waals surface area contributed by atoms with Crippen molar-refractivity contribution in [3.63, 3.8) is 0 Å². The number of nitriles is 1. The Balaban J connectivity index is 2.32. The second kappa shape index (κ2) is 3.35. The molecule has 1 aromatic heterocycles. The van der Waals surface area contributed by atoms with Crippen LogP contribution in [-0.4, -0.2) is 10.1 Å². The summed E-state index contributed by atoms with van der Waals surface area (Å²) in [5.41, 5.74) is 3.02. The van der Waals surface area contributed by atoms with Gasteiger partial charge in [-0.05, 0) is 49.9 Å². The summed E-state index contributed by atoms with van der Waals surface area (Å²) in [6.07, 6.45) is 2.75. The van der Waals surface area contributed by atoms with Gasteiger partial charge in [-0.3, -0.25) is 0 Å². The summed E-state index contributed by atoms with van der Waals surface area (Å²) in [6, 6.07) is 7.79. The summed E-state index contributed by atoms with van der Waals surface area (Å²) in [5, 5.41) is 20.4. The van der Waals surface area contributed by atoms with Gasteiger partial charge in [0.2, 0.25) is 0 Å². The molecule has 1 atom stereocenters. The highest BCUT2D eigenvalue weighted by molar-refractivity contribution is 5.86. The minimum atomic E-state index is -0.764. The van der Waals surface area contributed by atoms with E-state index in [1.807, 2.05) is 19.1 Å². The summed E-state index contributed by atoms with van der Waals surface area (Å²) in [7, 11) is 0. The molecular weight excluding hydrogens is 212 g/mol. The number of hydrogen-bond acceptors (Lipinski definition) is 2. The molecule has 0 amide bonds. The fraction of sp³-hybridized carbons (Fsp3) is 0.357. The van der Waals surface area contributed by atoms with E-state index in [4.69, 9.17) is 5.26 Å². The van der Waals surface area contributed by atoms with E-state index in [1.54, 1.807) is 6.07 Å². The molecule has 0 saturated heterocycles. The Bertz CT molecular complexity index is 631. The lowest BCUT2D eigenvalue weighted by Gasteiger charge is -2.28. The van der Waals surface area contributed by atoms with E-state index >= 15 is 0 Å². The lowest BCUT2D eigenvalue weighted by atomic mass is 9.84. The van der Waals surface area contributed by atoms with Gasteiger partial charge in [-0.1, -0.05) is 0 Å². The Hall–Kier alpha value is -1.79. The molecule has 2 aromatic rings. The average molecular weight is 226 g/mol. The summed E-state index contributed by atoms with van der Waals surface area (Å²) in [6.45, 7) is 1.85. The normalized spacial score (nSPS) is 23.4. The largest absolute Gasteiger partial charge is 0.384 e. The van der Waals surface area contributed by atoms with Crippen LogP contribution in [0.4, 0.5) is 0 Å². The average Bonchev–Trinajstić information content (AvgIpc) is 2.68. The van der Waals surface area contributed by atoms with Gasteiger partial charge in [0, 0.05) is 10.9 Å². The van der Waals surface area contributed by atoms with Crippen molar-refractivity contribution in [3.8, 4) is 6.07 Å². The van der Waals surface area contributed by atoms with Crippen molar-refractivity contribution in [1.82, 2.24) is 4.98 Å². The van der Waals surface area contributed by atoms with Crippen LogP contribution in [0.25, 0.3) is 10.9 Å². The first kappa shape index (κ1) is 10.4. The molecular formula is C14H14N2O. The molecule has 3 heteroatoms. The molecule has 1 aromatic carbocycles. The summed E-state index contributed by atoms with van der Waals surface area (Å²) in [5.74, 6) is 0. The van der Waals surface area contributed by atoms with Crippen LogP contribution >= 0.6 is 0 Å². The molecule has 3 rings (SSSR count). The molecule has 0 bridgehead atoms. The van der Waals surface area contributed by atoms with Crippen molar-refractivity contribution in [2.75, 3.05) is 0 Å². The number of fused-ring (bicyclic) bond motifs is 3. The van der Waals surface area contributed by atoms with Crippen LogP contribution < -0.4 is 0 Å². The Kier molecular flexibility index (Phi) is 2.04. The first-order valence-corrected chi connectivity index (χ1v) is 5.89. The van der Waals surface area contributed by atoms with E-state index < -0.39 is 5.60 Å². The molecule has 1 aliphatic carbocycles. The molecule has 0 saturated carbocycles. The minimum Gasteiger partial charge on any atom is -0.384 e. The van der Waals surface area contributed by atoms with Gasteiger partial charge in [0.05, 0.1) is 17.3 Å². The molecule has 0 fully saturated rings. The molecule has 1 unspecified atom stereocenters. The SMILES string of the molecule is CC1(O)CCCc2c1[nH]c1ccc(C#N)cc21. The maximum Gasteiger partial charge on any atom is 0.102 e. The maximum atomic E-state index is 10.4. The molecule has 1 heterocycles. The number of nitrogens with one attached hydrogen (secondary N) is 1. The van der Waals surface area contributed by atoms with Crippen LogP contribution in [0.15, 0.2) is 18.2 Å². The van der Waals surface area contributed by atoms with Crippen molar-refractivity contribution in [3.05, 3.63) is 35.0 Å². The lowest BCUT2D eigenvalue weighted by Crippen LogP contribution is -2.26. The van der Waals surface area contributed by atoms with Gasteiger partial charge in [0.15, 0.2) is 0 Å². The van der Waals surface area contributed by atoms with Gasteiger partial charge >= 0.3 is 0 Å². The van der Waals surface area contributed by atoms with Crippen LogP contribution in [0.1, 0.15) is 36.6 Å². The van der Waals surface area contributed by atoms with E-state index in [2.05, 4.69) is 11.1 Å². The highest BCUT2D eigenvalue weighted by Gasteiger charge is 2.32. The number of benzene rings is 1. The smallest absolute Gasteiger partial charge is 0.102 e. The van der Waals surface area contributed by atoms with Gasteiger partial charge in [-0.25, -0.2) is 0 Å². The van der Waals surface area contributed by atoms with Crippen molar-refractivity contribution >= 4 is 10.9 Å². The summed E-state index contributed by atoms with van der Waals surface area (Å²) < 4.78 is 0. The number of aromatic nitrogens is 1. The number of rotatable bonds is 0. The highest BCUT2D eigenvalue weighted by Crippen LogP contribution is 2.38. The van der Waals surface area contributed by atoms with E-state index in [-0.39, 0.29) is 0 Å². The van der Waals surface area contributed by atoms with Gasteiger partial charge < -0.3 is 10.1 Å². The molecule has 86 valence electrons. The zero-order valence-electron chi connectivity index (χ0n) is 9.75. The number of hydrogen-bond donors (Lipinski definition) is 2. The topological polar surface area (TPSA) is 59.8 Å². The monoisotopic (exact) mass is 226 g/mol. The zero-order chi connectivity index (χ0) is 12.0.